The summed E-state index contributed by atoms with van der Waals surface area (Å²) in [5, 5.41) is 9.16. The first-order valence-electron chi connectivity index (χ1n) is 6.14. The number of para-hydroxylation sites is 1. The van der Waals surface area contributed by atoms with E-state index in [0.717, 1.165) is 11.3 Å². The van der Waals surface area contributed by atoms with Crippen LogP contribution < -0.4 is 4.74 Å². The number of carboxylic acid groups (broad SMARTS) is 1. The molecule has 0 saturated heterocycles. The normalized spacial score (nSPS) is 17.0. The fourth-order valence-electron chi connectivity index (χ4n) is 2.47. The SMILES string of the molecule is Cc1ncc(C(=O)O)n1CC1COc2ccccc21. The van der Waals surface area contributed by atoms with Crippen molar-refractivity contribution in [2.75, 3.05) is 6.61 Å². The summed E-state index contributed by atoms with van der Waals surface area (Å²) in [6, 6.07) is 7.87. The molecule has 0 amide bonds. The molecule has 0 aliphatic carbocycles. The fraction of sp³-hybridized carbons (Fsp3) is 0.286. The van der Waals surface area contributed by atoms with Gasteiger partial charge in [0.2, 0.25) is 0 Å². The van der Waals surface area contributed by atoms with Gasteiger partial charge in [0.25, 0.3) is 0 Å². The van der Waals surface area contributed by atoms with Crippen molar-refractivity contribution >= 4 is 5.97 Å². The third-order valence-corrected chi connectivity index (χ3v) is 3.48. The molecule has 1 unspecified atom stereocenters. The van der Waals surface area contributed by atoms with Crippen LogP contribution in [0.3, 0.4) is 0 Å². The van der Waals surface area contributed by atoms with Gasteiger partial charge in [0.1, 0.15) is 17.3 Å². The summed E-state index contributed by atoms with van der Waals surface area (Å²) in [6.07, 6.45) is 1.40. The number of benzene rings is 1. The maximum atomic E-state index is 11.2. The van der Waals surface area contributed by atoms with E-state index in [-0.39, 0.29) is 11.6 Å². The molecule has 19 heavy (non-hydrogen) atoms. The molecule has 0 saturated carbocycles. The van der Waals surface area contributed by atoms with Crippen molar-refractivity contribution in [1.82, 2.24) is 9.55 Å². The highest BCUT2D eigenvalue weighted by Gasteiger charge is 2.26. The molecule has 1 aromatic carbocycles. The summed E-state index contributed by atoms with van der Waals surface area (Å²) in [6.45, 7) is 2.97. The molecule has 1 N–H and O–H groups in total. The summed E-state index contributed by atoms with van der Waals surface area (Å²) < 4.78 is 7.35. The van der Waals surface area contributed by atoms with E-state index in [1.54, 1.807) is 4.57 Å². The third kappa shape index (κ3) is 1.97. The molecule has 98 valence electrons. The number of aryl methyl sites for hydroxylation is 1. The summed E-state index contributed by atoms with van der Waals surface area (Å²) in [5.74, 6) is 0.818. The first-order valence-corrected chi connectivity index (χ1v) is 6.14. The number of carbonyl (C=O) groups is 1. The molecule has 1 aliphatic rings. The van der Waals surface area contributed by atoms with Crippen LogP contribution in [0.4, 0.5) is 0 Å². The second-order valence-corrected chi connectivity index (χ2v) is 4.65. The fourth-order valence-corrected chi connectivity index (χ4v) is 2.47. The summed E-state index contributed by atoms with van der Waals surface area (Å²) >= 11 is 0. The lowest BCUT2D eigenvalue weighted by atomic mass is 10.0. The van der Waals surface area contributed by atoms with Crippen LogP contribution >= 0.6 is 0 Å². The molecule has 1 atom stereocenters. The number of fused-ring (bicyclic) bond motifs is 1. The predicted molar refractivity (Wildman–Crippen MR) is 68.6 cm³/mol. The maximum absolute atomic E-state index is 11.2. The van der Waals surface area contributed by atoms with Gasteiger partial charge in [0, 0.05) is 18.0 Å². The first-order chi connectivity index (χ1) is 9.16. The number of hydrogen-bond donors (Lipinski definition) is 1. The van der Waals surface area contributed by atoms with Crippen molar-refractivity contribution in [2.24, 2.45) is 0 Å². The average Bonchev–Trinajstić information content (AvgIpc) is 2.96. The van der Waals surface area contributed by atoms with Crippen LogP contribution in [0, 0.1) is 6.92 Å². The van der Waals surface area contributed by atoms with Crippen LogP contribution in [-0.2, 0) is 6.54 Å². The number of aromatic carboxylic acids is 1. The second kappa shape index (κ2) is 4.42. The first kappa shape index (κ1) is 11.8. The lowest BCUT2D eigenvalue weighted by Crippen LogP contribution is -2.16. The Balaban J connectivity index is 1.91. The van der Waals surface area contributed by atoms with Crippen LogP contribution in [0.5, 0.6) is 5.75 Å². The van der Waals surface area contributed by atoms with Crippen molar-refractivity contribution in [3.05, 3.63) is 47.5 Å². The van der Waals surface area contributed by atoms with Gasteiger partial charge >= 0.3 is 5.97 Å². The Hall–Kier alpha value is -2.30. The molecule has 2 aromatic rings. The predicted octanol–water partition coefficient (Wildman–Crippen LogP) is 2.07. The Morgan fingerprint density at radius 3 is 3.11 bits per heavy atom. The van der Waals surface area contributed by atoms with Gasteiger partial charge < -0.3 is 14.4 Å². The monoisotopic (exact) mass is 258 g/mol. The van der Waals surface area contributed by atoms with E-state index < -0.39 is 5.97 Å². The van der Waals surface area contributed by atoms with Crippen LogP contribution in [0.2, 0.25) is 0 Å². The Morgan fingerprint density at radius 1 is 1.53 bits per heavy atom. The largest absolute Gasteiger partial charge is 0.493 e. The minimum Gasteiger partial charge on any atom is -0.493 e. The molecule has 0 fully saturated rings. The molecule has 5 heteroatoms. The molecule has 0 bridgehead atoms. The van der Waals surface area contributed by atoms with Gasteiger partial charge in [-0.05, 0) is 13.0 Å². The number of imidazole rings is 1. The molecular weight excluding hydrogens is 244 g/mol. The molecule has 2 heterocycles. The van der Waals surface area contributed by atoms with Gasteiger partial charge in [0.05, 0.1) is 12.8 Å². The molecule has 1 aromatic heterocycles. The topological polar surface area (TPSA) is 64.3 Å². The molecule has 1 aliphatic heterocycles. The van der Waals surface area contributed by atoms with Crippen LogP contribution in [-0.4, -0.2) is 27.2 Å². The standard InChI is InChI=1S/C14H14N2O3/c1-9-15-6-12(14(17)18)16(9)7-10-8-19-13-5-3-2-4-11(10)13/h2-6,10H,7-8H2,1H3,(H,17,18). The van der Waals surface area contributed by atoms with Crippen molar-refractivity contribution in [2.45, 2.75) is 19.4 Å². The van der Waals surface area contributed by atoms with Crippen LogP contribution in [0.25, 0.3) is 0 Å². The number of nitrogens with zero attached hydrogens (tertiary/aromatic N) is 2. The van der Waals surface area contributed by atoms with E-state index in [1.165, 1.54) is 6.20 Å². The smallest absolute Gasteiger partial charge is 0.354 e. The highest BCUT2D eigenvalue weighted by atomic mass is 16.5. The molecule has 5 nitrogen and oxygen atoms in total. The highest BCUT2D eigenvalue weighted by Crippen LogP contribution is 2.34. The Bertz CT molecular complexity index is 633. The molecule has 3 rings (SSSR count). The number of rotatable bonds is 3. The van der Waals surface area contributed by atoms with E-state index in [4.69, 9.17) is 9.84 Å². The number of aromatic nitrogens is 2. The summed E-state index contributed by atoms with van der Waals surface area (Å²) in [7, 11) is 0. The van der Waals surface area contributed by atoms with Crippen molar-refractivity contribution in [3.8, 4) is 5.75 Å². The van der Waals surface area contributed by atoms with Crippen molar-refractivity contribution < 1.29 is 14.6 Å². The minimum absolute atomic E-state index is 0.169. The Labute approximate surface area is 110 Å². The number of carboxylic acids is 1. The Morgan fingerprint density at radius 2 is 2.32 bits per heavy atom. The molecule has 0 spiro atoms. The third-order valence-electron chi connectivity index (χ3n) is 3.48. The highest BCUT2D eigenvalue weighted by molar-refractivity contribution is 5.85. The molecule has 0 radical (unpaired) electrons. The van der Waals surface area contributed by atoms with E-state index in [0.29, 0.717) is 19.0 Å². The molecular formula is C14H14N2O3. The maximum Gasteiger partial charge on any atom is 0.354 e. The Kier molecular flexibility index (Phi) is 2.74. The quantitative estimate of drug-likeness (QED) is 0.915. The van der Waals surface area contributed by atoms with Crippen molar-refractivity contribution in [1.29, 1.82) is 0 Å². The van der Waals surface area contributed by atoms with Crippen LogP contribution in [0.15, 0.2) is 30.5 Å². The van der Waals surface area contributed by atoms with E-state index in [9.17, 15) is 4.79 Å². The minimum atomic E-state index is -0.951. The lowest BCUT2D eigenvalue weighted by molar-refractivity contribution is 0.0684. The number of hydrogen-bond acceptors (Lipinski definition) is 3. The van der Waals surface area contributed by atoms with E-state index in [1.807, 2.05) is 31.2 Å². The van der Waals surface area contributed by atoms with E-state index >= 15 is 0 Å². The van der Waals surface area contributed by atoms with Gasteiger partial charge in [0.15, 0.2) is 0 Å². The van der Waals surface area contributed by atoms with Gasteiger partial charge in [-0.1, -0.05) is 18.2 Å². The van der Waals surface area contributed by atoms with Gasteiger partial charge in [-0.25, -0.2) is 9.78 Å². The van der Waals surface area contributed by atoms with Crippen LogP contribution in [0.1, 0.15) is 27.8 Å². The van der Waals surface area contributed by atoms with E-state index in [2.05, 4.69) is 4.98 Å². The second-order valence-electron chi connectivity index (χ2n) is 4.65. The lowest BCUT2D eigenvalue weighted by Gasteiger charge is -2.13. The summed E-state index contributed by atoms with van der Waals surface area (Å²) in [4.78, 5) is 15.2. The zero-order valence-corrected chi connectivity index (χ0v) is 10.5. The average molecular weight is 258 g/mol. The van der Waals surface area contributed by atoms with Crippen molar-refractivity contribution in [3.63, 3.8) is 0 Å². The summed E-state index contributed by atoms with van der Waals surface area (Å²) in [5.41, 5.74) is 1.36. The van der Waals surface area contributed by atoms with Gasteiger partial charge in [-0.2, -0.15) is 0 Å². The van der Waals surface area contributed by atoms with Gasteiger partial charge in [-0.15, -0.1) is 0 Å². The zero-order chi connectivity index (χ0) is 13.4. The zero-order valence-electron chi connectivity index (χ0n) is 10.5. The van der Waals surface area contributed by atoms with Gasteiger partial charge in [-0.3, -0.25) is 0 Å². The number of ether oxygens (including phenoxy) is 1.